The Kier molecular flexibility index (Phi) is 16.1. The molecule has 87 heavy (non-hydrogen) atoms. The lowest BCUT2D eigenvalue weighted by Crippen LogP contribution is -2.54. The molecule has 3 amide bonds. The van der Waals surface area contributed by atoms with Gasteiger partial charge in [-0.25, -0.2) is 33.1 Å². The molecule has 5 aliphatic rings. The highest BCUT2D eigenvalue weighted by Crippen LogP contribution is 2.46. The van der Waals surface area contributed by atoms with Crippen molar-refractivity contribution in [1.82, 2.24) is 44.1 Å². The molecule has 0 radical (unpaired) electrons. The molecule has 4 aromatic heterocycles. The van der Waals surface area contributed by atoms with E-state index in [1.54, 1.807) is 37.8 Å². The third kappa shape index (κ3) is 10.8. The van der Waals surface area contributed by atoms with Gasteiger partial charge in [0.2, 0.25) is 5.60 Å². The number of esters is 1. The Morgan fingerprint density at radius 1 is 0.943 bits per heavy atom. The molecule has 11 rings (SSSR count). The number of likely N-dealkylation sites (tertiary alicyclic amines) is 2. The SMILES string of the molecule is C=C(COC(=O)N1CCCC1CN(C)C(=O)OC1(CC)C(=O)OCc2c1cc1n(c2=O)Cc2c-1nc1cc(F)c(C)cc1c2CN)C(=O)N1CCN(c2nc(OCC3CCCN3C)nc3c(F)c(-c4nc(N)cc(C)c4C(F)(F)F)c(Cl)cc23)C(C)C1. The maximum Gasteiger partial charge on any atom is 0.418 e. The Balaban J connectivity index is 0.757. The average Bonchev–Trinajstić information content (AvgIpc) is 1.70. The summed E-state index contributed by atoms with van der Waals surface area (Å²) in [6.45, 7) is 11.0. The van der Waals surface area contributed by atoms with Gasteiger partial charge in [0, 0.05) is 91.9 Å². The Bertz CT molecular complexity index is 3940. The number of pyridine rings is 3. The number of aryl methyl sites for hydroxylation is 2. The zero-order valence-electron chi connectivity index (χ0n) is 48.7. The number of nitrogens with zero attached hydrogens (tertiary/aromatic N) is 10. The summed E-state index contributed by atoms with van der Waals surface area (Å²) in [5.41, 5.74) is 9.33. The smallest absolute Gasteiger partial charge is 0.418 e. The number of aromatic nitrogens is 5. The molecule has 460 valence electrons. The fraction of sp³-hybridized carbons (Fsp3) is 0.450. The van der Waals surface area contributed by atoms with Gasteiger partial charge < -0.3 is 59.5 Å². The Labute approximate surface area is 500 Å². The highest BCUT2D eigenvalue weighted by molar-refractivity contribution is 6.34. The summed E-state index contributed by atoms with van der Waals surface area (Å²) < 4.78 is 101. The van der Waals surface area contributed by atoms with Crippen molar-refractivity contribution in [3.05, 3.63) is 108 Å². The molecule has 4 atom stereocenters. The van der Waals surface area contributed by atoms with Crippen LogP contribution in [0.15, 0.2) is 47.3 Å². The van der Waals surface area contributed by atoms with Gasteiger partial charge in [-0.05, 0) is 107 Å². The van der Waals surface area contributed by atoms with Crippen LogP contribution in [0.4, 0.5) is 43.2 Å². The number of anilines is 2. The standard InChI is InChI=1S/C60H64ClF5N12O9/c1-8-59(40-20-44-49-38(25-78(44)54(80)39(40)28-84-55(59)81)37(22-67)35-17-29(2)42(62)21-43(35)69-49)87-57(82)74(7)24-33-11-10-14-77(33)58(83)86-26-31(4)53(79)75-15-16-76(32(5)23-75)52-36-19-41(61)46(51-47(60(64,65)66)30(3)18-45(68)70-51)48(63)50(36)71-56(72-52)85-27-34-12-9-13-73(34)6/h17-21,32-34H,4,8-16,22-28,67H2,1-3,5-7H3,(H2,68,70). The van der Waals surface area contributed by atoms with Crippen molar-refractivity contribution in [2.75, 3.05) is 77.2 Å². The summed E-state index contributed by atoms with van der Waals surface area (Å²) in [6.07, 6.45) is -4.03. The molecular formula is C60H64ClF5N12O9. The molecule has 6 aromatic rings. The number of nitrogen functional groups attached to an aromatic ring is 1. The van der Waals surface area contributed by atoms with E-state index in [4.69, 9.17) is 52.0 Å². The number of cyclic esters (lactones) is 1. The van der Waals surface area contributed by atoms with E-state index in [1.807, 2.05) is 7.05 Å². The first-order valence-corrected chi connectivity index (χ1v) is 29.0. The zero-order valence-corrected chi connectivity index (χ0v) is 49.5. The van der Waals surface area contributed by atoms with Gasteiger partial charge in [0.25, 0.3) is 11.5 Å². The third-order valence-corrected chi connectivity index (χ3v) is 17.8. The molecule has 0 bridgehead atoms. The highest BCUT2D eigenvalue weighted by Gasteiger charge is 2.51. The quantitative estimate of drug-likeness (QED) is 0.0479. The van der Waals surface area contributed by atoms with Gasteiger partial charge >= 0.3 is 30.3 Å². The zero-order chi connectivity index (χ0) is 62.3. The number of fused-ring (bicyclic) bond motifs is 6. The lowest BCUT2D eigenvalue weighted by atomic mass is 9.85. The maximum atomic E-state index is 17.1. The van der Waals surface area contributed by atoms with Crippen molar-refractivity contribution < 1.29 is 60.1 Å². The molecular weight excluding hydrogens is 1160 g/mol. The third-order valence-electron chi connectivity index (χ3n) is 17.5. The summed E-state index contributed by atoms with van der Waals surface area (Å²) in [7, 11) is 3.38. The number of carbonyl (C=O) groups excluding carboxylic acids is 4. The normalized spacial score (nSPS) is 20.2. The summed E-state index contributed by atoms with van der Waals surface area (Å²) in [4.78, 5) is 96.0. The van der Waals surface area contributed by atoms with Crippen LogP contribution in [0.5, 0.6) is 6.01 Å². The minimum absolute atomic E-state index is 0.000403. The average molecular weight is 1230 g/mol. The second-order valence-corrected chi connectivity index (χ2v) is 23.4. The lowest BCUT2D eigenvalue weighted by Gasteiger charge is -2.41. The molecule has 4 N–H and O–H groups in total. The fourth-order valence-electron chi connectivity index (χ4n) is 12.8. The molecule has 0 aliphatic carbocycles. The Morgan fingerprint density at radius 3 is 2.39 bits per heavy atom. The number of halogens is 6. The van der Waals surface area contributed by atoms with Crippen LogP contribution >= 0.6 is 11.6 Å². The number of alkyl halides is 3. The molecule has 0 spiro atoms. The van der Waals surface area contributed by atoms with Crippen molar-refractivity contribution in [2.24, 2.45) is 5.73 Å². The van der Waals surface area contributed by atoms with Crippen LogP contribution in [0.2, 0.25) is 5.02 Å². The number of piperazine rings is 1. The number of nitrogens with two attached hydrogens (primary N) is 2. The molecule has 2 aromatic carbocycles. The van der Waals surface area contributed by atoms with Crippen LogP contribution in [-0.4, -0.2) is 153 Å². The number of benzene rings is 2. The molecule has 0 saturated carbocycles. The van der Waals surface area contributed by atoms with Crippen LogP contribution in [0.25, 0.3) is 44.5 Å². The Morgan fingerprint density at radius 2 is 1.69 bits per heavy atom. The number of hydrogen-bond acceptors (Lipinski definition) is 17. The molecule has 21 nitrogen and oxygen atoms in total. The van der Waals surface area contributed by atoms with E-state index in [0.717, 1.165) is 25.5 Å². The second-order valence-electron chi connectivity index (χ2n) is 22.9. The summed E-state index contributed by atoms with van der Waals surface area (Å²) >= 11 is 6.71. The number of carbonyl (C=O) groups is 4. The minimum atomic E-state index is -4.95. The predicted octanol–water partition coefficient (Wildman–Crippen LogP) is 8.14. The first-order chi connectivity index (χ1) is 41.3. The van der Waals surface area contributed by atoms with Gasteiger partial charge in [0.05, 0.1) is 56.9 Å². The van der Waals surface area contributed by atoms with Gasteiger partial charge in [-0.3, -0.25) is 9.59 Å². The van der Waals surface area contributed by atoms with E-state index in [-0.39, 0.29) is 122 Å². The van der Waals surface area contributed by atoms with Gasteiger partial charge in [-0.15, -0.1) is 0 Å². The molecule has 4 unspecified atom stereocenters. The van der Waals surface area contributed by atoms with Gasteiger partial charge in [-0.2, -0.15) is 23.1 Å². The van der Waals surface area contributed by atoms with Crippen LogP contribution in [0.1, 0.15) is 84.9 Å². The van der Waals surface area contributed by atoms with Crippen molar-refractivity contribution in [3.8, 4) is 28.7 Å². The van der Waals surface area contributed by atoms with Gasteiger partial charge in [0.1, 0.15) is 42.8 Å². The van der Waals surface area contributed by atoms with E-state index < -0.39 is 93.6 Å². The maximum absolute atomic E-state index is 17.1. The lowest BCUT2D eigenvalue weighted by molar-refractivity contribution is -0.173. The number of likely N-dealkylation sites (N-methyl/N-ethyl adjacent to an activating group) is 2. The van der Waals surface area contributed by atoms with Crippen LogP contribution in [0, 0.1) is 25.5 Å². The van der Waals surface area contributed by atoms with Crippen molar-refractivity contribution in [1.29, 1.82) is 0 Å². The summed E-state index contributed by atoms with van der Waals surface area (Å²) in [6, 6.07) is 5.58. The van der Waals surface area contributed by atoms with E-state index in [1.165, 1.54) is 45.4 Å². The first-order valence-electron chi connectivity index (χ1n) is 28.6. The van der Waals surface area contributed by atoms with Crippen LogP contribution in [-0.2, 0) is 55.3 Å². The fourth-order valence-corrected chi connectivity index (χ4v) is 13.1. The summed E-state index contributed by atoms with van der Waals surface area (Å²) in [5.74, 6) is -3.19. The second kappa shape index (κ2) is 23.1. The molecule has 3 fully saturated rings. The Hall–Kier alpha value is -8.23. The van der Waals surface area contributed by atoms with Crippen LogP contribution < -0.4 is 26.7 Å². The monoisotopic (exact) mass is 1230 g/mol. The van der Waals surface area contributed by atoms with Crippen molar-refractivity contribution in [3.63, 3.8) is 0 Å². The van der Waals surface area contributed by atoms with E-state index >= 15 is 4.39 Å². The minimum Gasteiger partial charge on any atom is -0.462 e. The summed E-state index contributed by atoms with van der Waals surface area (Å²) in [5, 5.41) is 0.314. The van der Waals surface area contributed by atoms with E-state index in [2.05, 4.69) is 21.4 Å². The van der Waals surface area contributed by atoms with Gasteiger partial charge in [-0.1, -0.05) is 25.1 Å². The van der Waals surface area contributed by atoms with Crippen molar-refractivity contribution in [2.45, 2.75) is 109 Å². The molecule has 9 heterocycles. The number of rotatable bonds is 13. The molecule has 3 saturated heterocycles. The van der Waals surface area contributed by atoms with Crippen LogP contribution in [0.3, 0.4) is 0 Å². The molecule has 5 aliphatic heterocycles. The predicted molar refractivity (Wildman–Crippen MR) is 311 cm³/mol. The van der Waals surface area contributed by atoms with E-state index in [9.17, 15) is 41.5 Å². The number of amides is 3. The molecule has 27 heteroatoms. The van der Waals surface area contributed by atoms with E-state index in [0.29, 0.717) is 51.8 Å². The highest BCUT2D eigenvalue weighted by atomic mass is 35.5. The van der Waals surface area contributed by atoms with Crippen molar-refractivity contribution >= 4 is 69.1 Å². The topological polar surface area (TPSA) is 247 Å². The first kappa shape index (κ1) is 60.5. The van der Waals surface area contributed by atoms with Gasteiger partial charge in [0.15, 0.2) is 5.82 Å². The number of ether oxygens (including phenoxy) is 4. The number of hydrogen-bond donors (Lipinski definition) is 2. The largest absolute Gasteiger partial charge is 0.462 e.